The van der Waals surface area contributed by atoms with Crippen LogP contribution in [0.2, 0.25) is 0 Å². The van der Waals surface area contributed by atoms with E-state index in [1.54, 1.807) is 0 Å². The second kappa shape index (κ2) is 5.56. The van der Waals surface area contributed by atoms with E-state index in [0.717, 1.165) is 47.0 Å². The summed E-state index contributed by atoms with van der Waals surface area (Å²) < 4.78 is 17.1. The standard InChI is InChI=1S/C15H20N2O2S/c1-10(2)15-17-13-9-12(3-4-14(13)19-15)16-11-5-7-20(18)8-6-11/h3-4,9-11,16H,5-8H2,1-2H3. The smallest absolute Gasteiger partial charge is 0.198 e. The van der Waals surface area contributed by atoms with Crippen LogP contribution < -0.4 is 5.32 Å². The van der Waals surface area contributed by atoms with E-state index in [9.17, 15) is 4.21 Å². The van der Waals surface area contributed by atoms with Gasteiger partial charge in [0, 0.05) is 40.0 Å². The number of hydrogen-bond acceptors (Lipinski definition) is 4. The van der Waals surface area contributed by atoms with Gasteiger partial charge in [-0.25, -0.2) is 4.98 Å². The Bertz CT molecular complexity index is 626. The Hall–Kier alpha value is -1.36. The van der Waals surface area contributed by atoms with E-state index in [1.165, 1.54) is 0 Å². The molecule has 0 saturated carbocycles. The number of oxazole rings is 1. The fourth-order valence-corrected chi connectivity index (χ4v) is 3.75. The molecule has 5 heteroatoms. The highest BCUT2D eigenvalue weighted by Crippen LogP contribution is 2.25. The van der Waals surface area contributed by atoms with Gasteiger partial charge in [0.25, 0.3) is 0 Å². The average molecular weight is 292 g/mol. The third-order valence-corrected chi connectivity index (χ3v) is 5.04. The van der Waals surface area contributed by atoms with Gasteiger partial charge in [-0.15, -0.1) is 0 Å². The molecule has 1 aromatic carbocycles. The zero-order valence-electron chi connectivity index (χ0n) is 11.9. The number of benzene rings is 1. The fourth-order valence-electron chi connectivity index (χ4n) is 2.46. The van der Waals surface area contributed by atoms with Gasteiger partial charge < -0.3 is 9.73 Å². The molecule has 20 heavy (non-hydrogen) atoms. The second-order valence-electron chi connectivity index (χ2n) is 5.66. The molecule has 0 radical (unpaired) electrons. The van der Waals surface area contributed by atoms with Crippen LogP contribution in [0.1, 0.15) is 38.5 Å². The lowest BCUT2D eigenvalue weighted by molar-refractivity contribution is 0.501. The minimum Gasteiger partial charge on any atom is -0.440 e. The first-order valence-corrected chi connectivity index (χ1v) is 8.62. The molecule has 1 aliphatic rings. The fraction of sp³-hybridized carbons (Fsp3) is 0.533. The quantitative estimate of drug-likeness (QED) is 0.943. The lowest BCUT2D eigenvalue weighted by atomic mass is 10.1. The van der Waals surface area contributed by atoms with Crippen LogP contribution in [-0.2, 0) is 10.8 Å². The molecule has 2 heterocycles. The van der Waals surface area contributed by atoms with Crippen molar-refractivity contribution in [3.8, 4) is 0 Å². The molecule has 1 aliphatic heterocycles. The van der Waals surface area contributed by atoms with E-state index in [-0.39, 0.29) is 0 Å². The van der Waals surface area contributed by atoms with Crippen LogP contribution >= 0.6 is 0 Å². The van der Waals surface area contributed by atoms with E-state index in [2.05, 4.69) is 24.1 Å². The first kappa shape index (κ1) is 13.6. The lowest BCUT2D eigenvalue weighted by Crippen LogP contribution is -2.29. The molecular weight excluding hydrogens is 272 g/mol. The van der Waals surface area contributed by atoms with E-state index in [4.69, 9.17) is 4.42 Å². The number of aromatic nitrogens is 1. The summed E-state index contributed by atoms with van der Waals surface area (Å²) >= 11 is 0. The summed E-state index contributed by atoms with van der Waals surface area (Å²) in [7, 11) is -0.610. The molecule has 0 unspecified atom stereocenters. The highest BCUT2D eigenvalue weighted by Gasteiger charge is 2.18. The molecule has 2 aromatic rings. The molecule has 1 N–H and O–H groups in total. The van der Waals surface area contributed by atoms with Crippen molar-refractivity contribution in [2.45, 2.75) is 38.6 Å². The van der Waals surface area contributed by atoms with Gasteiger partial charge in [-0.2, -0.15) is 0 Å². The van der Waals surface area contributed by atoms with Crippen molar-refractivity contribution in [2.75, 3.05) is 16.8 Å². The molecule has 0 amide bonds. The minimum absolute atomic E-state index is 0.298. The molecule has 3 rings (SSSR count). The molecule has 108 valence electrons. The Morgan fingerprint density at radius 1 is 1.35 bits per heavy atom. The van der Waals surface area contributed by atoms with E-state index in [1.807, 2.05) is 18.2 Å². The van der Waals surface area contributed by atoms with Crippen molar-refractivity contribution < 1.29 is 8.63 Å². The van der Waals surface area contributed by atoms with Gasteiger partial charge in [-0.1, -0.05) is 13.8 Å². The molecular formula is C15H20N2O2S. The van der Waals surface area contributed by atoms with Crippen LogP contribution in [0.15, 0.2) is 22.6 Å². The van der Waals surface area contributed by atoms with Crippen molar-refractivity contribution in [1.82, 2.24) is 4.98 Å². The SMILES string of the molecule is CC(C)c1nc2cc(NC3CCS(=O)CC3)ccc2o1. The first-order chi connectivity index (χ1) is 9.61. The highest BCUT2D eigenvalue weighted by molar-refractivity contribution is 7.85. The molecule has 0 aliphatic carbocycles. The maximum Gasteiger partial charge on any atom is 0.198 e. The molecule has 1 aromatic heterocycles. The van der Waals surface area contributed by atoms with Crippen LogP contribution in [-0.4, -0.2) is 26.7 Å². The van der Waals surface area contributed by atoms with Gasteiger partial charge in [0.15, 0.2) is 11.5 Å². The van der Waals surface area contributed by atoms with Gasteiger partial charge in [-0.3, -0.25) is 4.21 Å². The van der Waals surface area contributed by atoms with Crippen molar-refractivity contribution >= 4 is 27.6 Å². The summed E-state index contributed by atoms with van der Waals surface area (Å²) in [5.41, 5.74) is 2.81. The van der Waals surface area contributed by atoms with Crippen molar-refractivity contribution in [3.63, 3.8) is 0 Å². The zero-order valence-corrected chi connectivity index (χ0v) is 12.7. The van der Waals surface area contributed by atoms with Gasteiger partial charge in [0.2, 0.25) is 0 Å². The number of anilines is 1. The summed E-state index contributed by atoms with van der Waals surface area (Å²) in [4.78, 5) is 4.52. The number of nitrogens with zero attached hydrogens (tertiary/aromatic N) is 1. The van der Waals surface area contributed by atoms with Crippen LogP contribution in [0.4, 0.5) is 5.69 Å². The van der Waals surface area contributed by atoms with E-state index < -0.39 is 10.8 Å². The van der Waals surface area contributed by atoms with Crippen LogP contribution in [0, 0.1) is 0 Å². The Labute approximate surface area is 121 Å². The number of fused-ring (bicyclic) bond motifs is 1. The Balaban J connectivity index is 1.76. The molecule has 0 bridgehead atoms. The summed E-state index contributed by atoms with van der Waals surface area (Å²) in [6.07, 6.45) is 1.95. The molecule has 1 fully saturated rings. The van der Waals surface area contributed by atoms with E-state index in [0.29, 0.717) is 12.0 Å². The van der Waals surface area contributed by atoms with Crippen molar-refractivity contribution in [1.29, 1.82) is 0 Å². The molecule has 0 atom stereocenters. The number of nitrogens with one attached hydrogen (secondary N) is 1. The van der Waals surface area contributed by atoms with Crippen molar-refractivity contribution in [3.05, 3.63) is 24.1 Å². The molecule has 4 nitrogen and oxygen atoms in total. The van der Waals surface area contributed by atoms with Gasteiger partial charge in [-0.05, 0) is 31.0 Å². The van der Waals surface area contributed by atoms with Crippen LogP contribution in [0.3, 0.4) is 0 Å². The van der Waals surface area contributed by atoms with E-state index >= 15 is 0 Å². The monoisotopic (exact) mass is 292 g/mol. The first-order valence-electron chi connectivity index (χ1n) is 7.14. The molecule has 1 saturated heterocycles. The highest BCUT2D eigenvalue weighted by atomic mass is 32.2. The zero-order chi connectivity index (χ0) is 14.1. The minimum atomic E-state index is -0.610. The average Bonchev–Trinajstić information content (AvgIpc) is 2.85. The van der Waals surface area contributed by atoms with Crippen LogP contribution in [0.5, 0.6) is 0 Å². The summed E-state index contributed by atoms with van der Waals surface area (Å²) in [5.74, 6) is 2.69. The van der Waals surface area contributed by atoms with Crippen LogP contribution in [0.25, 0.3) is 11.1 Å². The number of hydrogen-bond donors (Lipinski definition) is 1. The predicted octanol–water partition coefficient (Wildman–Crippen LogP) is 3.27. The maximum atomic E-state index is 11.4. The predicted molar refractivity (Wildman–Crippen MR) is 82.6 cm³/mol. The summed E-state index contributed by atoms with van der Waals surface area (Å²) in [6.45, 7) is 4.15. The summed E-state index contributed by atoms with van der Waals surface area (Å²) in [6, 6.07) is 6.46. The molecule has 0 spiro atoms. The normalized spacial score (nSPS) is 23.4. The third-order valence-electron chi connectivity index (χ3n) is 3.66. The number of rotatable bonds is 3. The topological polar surface area (TPSA) is 55.1 Å². The van der Waals surface area contributed by atoms with Gasteiger partial charge >= 0.3 is 0 Å². The Morgan fingerprint density at radius 2 is 2.10 bits per heavy atom. The third kappa shape index (κ3) is 2.87. The lowest BCUT2D eigenvalue weighted by Gasteiger charge is -2.23. The van der Waals surface area contributed by atoms with Crippen molar-refractivity contribution in [2.24, 2.45) is 0 Å². The van der Waals surface area contributed by atoms with Gasteiger partial charge in [0.1, 0.15) is 5.52 Å². The Kier molecular flexibility index (Phi) is 3.78. The largest absolute Gasteiger partial charge is 0.440 e. The Morgan fingerprint density at radius 3 is 2.80 bits per heavy atom. The maximum absolute atomic E-state index is 11.4. The summed E-state index contributed by atoms with van der Waals surface area (Å²) in [5, 5.41) is 3.52. The second-order valence-corrected chi connectivity index (χ2v) is 7.35. The van der Waals surface area contributed by atoms with Gasteiger partial charge in [0.05, 0.1) is 0 Å².